The third kappa shape index (κ3) is 3.69. The molecule has 5 nitrogen and oxygen atoms in total. The fraction of sp³-hybridized carbons (Fsp3) is 0.0870. The number of aromatic amines is 1. The van der Waals surface area contributed by atoms with Crippen molar-refractivity contribution < 1.29 is 14.3 Å². The normalized spacial score (nSPS) is 10.8. The Kier molecular flexibility index (Phi) is 4.72. The summed E-state index contributed by atoms with van der Waals surface area (Å²) in [7, 11) is 0. The van der Waals surface area contributed by atoms with E-state index < -0.39 is 5.97 Å². The Labute approximate surface area is 162 Å². The molecule has 1 aromatic heterocycles. The first-order chi connectivity index (χ1) is 13.6. The van der Waals surface area contributed by atoms with Crippen molar-refractivity contribution in [1.82, 2.24) is 9.97 Å². The van der Waals surface area contributed by atoms with Gasteiger partial charge in [-0.05, 0) is 25.1 Å². The van der Waals surface area contributed by atoms with Crippen LogP contribution in [-0.4, -0.2) is 28.3 Å². The van der Waals surface area contributed by atoms with Crippen molar-refractivity contribution >= 4 is 22.8 Å². The Morgan fingerprint density at radius 2 is 1.68 bits per heavy atom. The zero-order chi connectivity index (χ0) is 19.5. The highest BCUT2D eigenvalue weighted by Gasteiger charge is 2.13. The Morgan fingerprint density at radius 1 is 0.929 bits per heavy atom. The van der Waals surface area contributed by atoms with E-state index in [1.54, 1.807) is 42.5 Å². The van der Waals surface area contributed by atoms with Crippen LogP contribution in [0.3, 0.4) is 0 Å². The van der Waals surface area contributed by atoms with Crippen molar-refractivity contribution in [2.24, 2.45) is 0 Å². The highest BCUT2D eigenvalue weighted by molar-refractivity contribution is 6.00. The molecule has 0 saturated carbocycles. The van der Waals surface area contributed by atoms with Crippen LogP contribution in [0.1, 0.15) is 26.3 Å². The number of carbonyl (C=O) groups is 2. The molecule has 0 atom stereocenters. The predicted octanol–water partition coefficient (Wildman–Crippen LogP) is 4.58. The lowest BCUT2D eigenvalue weighted by molar-refractivity contribution is 0.0475. The van der Waals surface area contributed by atoms with Gasteiger partial charge in [-0.3, -0.25) is 4.79 Å². The number of aromatic nitrogens is 2. The van der Waals surface area contributed by atoms with E-state index in [-0.39, 0.29) is 12.4 Å². The highest BCUT2D eigenvalue weighted by atomic mass is 16.5. The van der Waals surface area contributed by atoms with Crippen molar-refractivity contribution in [1.29, 1.82) is 0 Å². The summed E-state index contributed by atoms with van der Waals surface area (Å²) in [5.74, 6) is -0.0457. The number of ether oxygens (including phenoxy) is 1. The number of ketones is 1. The van der Waals surface area contributed by atoms with Gasteiger partial charge in [0.05, 0.1) is 16.6 Å². The maximum Gasteiger partial charge on any atom is 0.338 e. The minimum atomic E-state index is -0.544. The number of benzene rings is 3. The number of nitrogens with zero attached hydrogens (tertiary/aromatic N) is 1. The van der Waals surface area contributed by atoms with Crippen LogP contribution in [0.5, 0.6) is 0 Å². The maximum absolute atomic E-state index is 12.3. The van der Waals surface area contributed by atoms with Gasteiger partial charge >= 0.3 is 5.97 Å². The molecule has 3 aromatic carbocycles. The largest absolute Gasteiger partial charge is 0.454 e. The van der Waals surface area contributed by atoms with Gasteiger partial charge in [-0.1, -0.05) is 60.2 Å². The molecule has 28 heavy (non-hydrogen) atoms. The lowest BCUT2D eigenvalue weighted by atomic mass is 10.1. The molecule has 0 bridgehead atoms. The van der Waals surface area contributed by atoms with Crippen molar-refractivity contribution in [3.05, 3.63) is 89.5 Å². The number of aryl methyl sites for hydroxylation is 1. The van der Waals surface area contributed by atoms with Crippen LogP contribution in [0.25, 0.3) is 22.4 Å². The number of rotatable bonds is 5. The second kappa shape index (κ2) is 7.48. The third-order valence-corrected chi connectivity index (χ3v) is 4.47. The molecule has 0 unspecified atom stereocenters. The molecule has 0 aliphatic heterocycles. The van der Waals surface area contributed by atoms with E-state index in [1.807, 2.05) is 37.3 Å². The van der Waals surface area contributed by atoms with Crippen LogP contribution in [0.4, 0.5) is 0 Å². The van der Waals surface area contributed by atoms with E-state index in [0.717, 1.165) is 22.4 Å². The Hall–Kier alpha value is -3.73. The average Bonchev–Trinajstić information content (AvgIpc) is 3.16. The molecule has 0 spiro atoms. The zero-order valence-corrected chi connectivity index (χ0v) is 15.3. The molecule has 0 fully saturated rings. The number of fused-ring (bicyclic) bond motifs is 1. The van der Waals surface area contributed by atoms with E-state index >= 15 is 0 Å². The number of H-pyrrole nitrogens is 1. The number of Topliss-reactive ketones (excluding diaryl/α,β-unsaturated/α-hetero) is 1. The standard InChI is InChI=1S/C23H18N2O3/c1-15-7-9-17(10-8-15)22-24-19-12-11-18(13-20(19)25-22)23(27)28-14-21(26)16-5-3-2-4-6-16/h2-13H,14H2,1H3,(H,24,25). The summed E-state index contributed by atoms with van der Waals surface area (Å²) in [4.78, 5) is 32.2. The lowest BCUT2D eigenvalue weighted by Crippen LogP contribution is -2.14. The van der Waals surface area contributed by atoms with Gasteiger partial charge in [0.25, 0.3) is 0 Å². The first-order valence-electron chi connectivity index (χ1n) is 8.92. The first kappa shape index (κ1) is 17.7. The summed E-state index contributed by atoms with van der Waals surface area (Å²) in [5.41, 5.74) is 4.52. The van der Waals surface area contributed by atoms with Crippen LogP contribution in [-0.2, 0) is 4.74 Å². The minimum absolute atomic E-state index is 0.238. The second-order valence-electron chi connectivity index (χ2n) is 6.55. The summed E-state index contributed by atoms with van der Waals surface area (Å²) in [5, 5.41) is 0. The molecule has 5 heteroatoms. The van der Waals surface area contributed by atoms with Gasteiger partial charge in [-0.15, -0.1) is 0 Å². The minimum Gasteiger partial charge on any atom is -0.454 e. The molecule has 0 radical (unpaired) electrons. The van der Waals surface area contributed by atoms with Crippen LogP contribution in [0.15, 0.2) is 72.8 Å². The van der Waals surface area contributed by atoms with E-state index in [2.05, 4.69) is 9.97 Å². The fourth-order valence-electron chi connectivity index (χ4n) is 2.91. The molecule has 0 amide bonds. The van der Waals surface area contributed by atoms with Gasteiger partial charge < -0.3 is 9.72 Å². The highest BCUT2D eigenvalue weighted by Crippen LogP contribution is 2.22. The van der Waals surface area contributed by atoms with Crippen molar-refractivity contribution in [3.8, 4) is 11.4 Å². The van der Waals surface area contributed by atoms with Crippen LogP contribution in [0.2, 0.25) is 0 Å². The molecule has 0 aliphatic rings. The molecule has 1 N–H and O–H groups in total. The average molecular weight is 370 g/mol. The van der Waals surface area contributed by atoms with E-state index in [9.17, 15) is 9.59 Å². The molecule has 1 heterocycles. The summed E-state index contributed by atoms with van der Waals surface area (Å²) < 4.78 is 5.18. The Morgan fingerprint density at radius 3 is 2.43 bits per heavy atom. The molecule has 4 rings (SSSR count). The van der Waals surface area contributed by atoms with Crippen molar-refractivity contribution in [2.45, 2.75) is 6.92 Å². The predicted molar refractivity (Wildman–Crippen MR) is 107 cm³/mol. The van der Waals surface area contributed by atoms with E-state index in [1.165, 1.54) is 5.56 Å². The monoisotopic (exact) mass is 370 g/mol. The summed E-state index contributed by atoms with van der Waals surface area (Å²) in [6.45, 7) is 1.74. The van der Waals surface area contributed by atoms with Crippen molar-refractivity contribution in [3.63, 3.8) is 0 Å². The van der Waals surface area contributed by atoms with Crippen LogP contribution >= 0.6 is 0 Å². The summed E-state index contributed by atoms with van der Waals surface area (Å²) >= 11 is 0. The Bertz CT molecular complexity index is 1150. The number of carbonyl (C=O) groups excluding carboxylic acids is 2. The van der Waals surface area contributed by atoms with E-state index in [4.69, 9.17) is 4.74 Å². The second-order valence-corrected chi connectivity index (χ2v) is 6.55. The number of imidazole rings is 1. The number of hydrogen-bond donors (Lipinski definition) is 1. The number of nitrogens with one attached hydrogen (secondary N) is 1. The maximum atomic E-state index is 12.3. The molecule has 0 aliphatic carbocycles. The summed E-state index contributed by atoms with van der Waals surface area (Å²) in [6.07, 6.45) is 0. The zero-order valence-electron chi connectivity index (χ0n) is 15.3. The van der Waals surface area contributed by atoms with Crippen LogP contribution in [0, 0.1) is 6.92 Å². The SMILES string of the molecule is Cc1ccc(-c2nc3ccc(C(=O)OCC(=O)c4ccccc4)cc3[nH]2)cc1. The third-order valence-electron chi connectivity index (χ3n) is 4.47. The number of esters is 1. The van der Waals surface area contributed by atoms with Gasteiger partial charge in [0.2, 0.25) is 0 Å². The smallest absolute Gasteiger partial charge is 0.338 e. The van der Waals surface area contributed by atoms with Gasteiger partial charge in [0.15, 0.2) is 12.4 Å². The molecule has 138 valence electrons. The molecular weight excluding hydrogens is 352 g/mol. The molecule has 4 aromatic rings. The van der Waals surface area contributed by atoms with Crippen LogP contribution < -0.4 is 0 Å². The quantitative estimate of drug-likeness (QED) is 0.412. The van der Waals surface area contributed by atoms with Gasteiger partial charge in [-0.25, -0.2) is 9.78 Å². The van der Waals surface area contributed by atoms with Crippen molar-refractivity contribution in [2.75, 3.05) is 6.61 Å². The lowest BCUT2D eigenvalue weighted by Gasteiger charge is -2.04. The first-order valence-corrected chi connectivity index (χ1v) is 8.92. The fourth-order valence-corrected chi connectivity index (χ4v) is 2.91. The topological polar surface area (TPSA) is 72.0 Å². The van der Waals surface area contributed by atoms with Gasteiger partial charge in [0, 0.05) is 11.1 Å². The molecular formula is C23H18N2O3. The number of hydrogen-bond acceptors (Lipinski definition) is 4. The Balaban J connectivity index is 1.50. The van der Waals surface area contributed by atoms with Gasteiger partial charge in [-0.2, -0.15) is 0 Å². The summed E-state index contributed by atoms with van der Waals surface area (Å²) in [6, 6.07) is 21.9. The van der Waals surface area contributed by atoms with Gasteiger partial charge in [0.1, 0.15) is 5.82 Å². The van der Waals surface area contributed by atoms with E-state index in [0.29, 0.717) is 11.1 Å². The molecule has 0 saturated heterocycles.